The van der Waals surface area contributed by atoms with E-state index in [0.717, 1.165) is 12.5 Å². The van der Waals surface area contributed by atoms with Crippen molar-refractivity contribution < 1.29 is 4.74 Å². The van der Waals surface area contributed by atoms with Crippen molar-refractivity contribution in [3.8, 4) is 6.01 Å². The molecule has 0 aromatic carbocycles. The SMILES string of the molecule is CC(C)Oc1nc(N)nc(N(CC2CC2)C(C)C)n1. The molecule has 6 heteroatoms. The van der Waals surface area contributed by atoms with Gasteiger partial charge in [0.25, 0.3) is 0 Å². The van der Waals surface area contributed by atoms with E-state index in [-0.39, 0.29) is 12.1 Å². The van der Waals surface area contributed by atoms with E-state index < -0.39 is 0 Å². The van der Waals surface area contributed by atoms with Crippen LogP contribution in [0.15, 0.2) is 0 Å². The fourth-order valence-corrected chi connectivity index (χ4v) is 1.85. The number of hydrogen-bond donors (Lipinski definition) is 1. The van der Waals surface area contributed by atoms with Crippen LogP contribution in [0.4, 0.5) is 11.9 Å². The summed E-state index contributed by atoms with van der Waals surface area (Å²) in [5.41, 5.74) is 5.75. The lowest BCUT2D eigenvalue weighted by Gasteiger charge is -2.26. The first-order valence-corrected chi connectivity index (χ1v) is 6.90. The maximum atomic E-state index is 5.75. The molecule has 0 amide bonds. The Morgan fingerprint density at radius 3 is 2.42 bits per heavy atom. The average molecular weight is 265 g/mol. The third-order valence-corrected chi connectivity index (χ3v) is 2.99. The molecule has 2 rings (SSSR count). The summed E-state index contributed by atoms with van der Waals surface area (Å²) >= 11 is 0. The number of nitrogens with two attached hydrogens (primary N) is 1. The molecule has 19 heavy (non-hydrogen) atoms. The minimum atomic E-state index is 0.0191. The van der Waals surface area contributed by atoms with Crippen LogP contribution in [0.25, 0.3) is 0 Å². The predicted octanol–water partition coefficient (Wildman–Crippen LogP) is 1.87. The zero-order valence-corrected chi connectivity index (χ0v) is 12.1. The number of nitrogen functional groups attached to an aromatic ring is 1. The lowest BCUT2D eigenvalue weighted by Crippen LogP contribution is -2.34. The van der Waals surface area contributed by atoms with Gasteiger partial charge in [-0.2, -0.15) is 15.0 Å². The minimum Gasteiger partial charge on any atom is -0.461 e. The predicted molar refractivity (Wildman–Crippen MR) is 75.2 cm³/mol. The highest BCUT2D eigenvalue weighted by atomic mass is 16.5. The molecule has 6 nitrogen and oxygen atoms in total. The molecule has 0 saturated heterocycles. The van der Waals surface area contributed by atoms with Crippen LogP contribution in [0.3, 0.4) is 0 Å². The van der Waals surface area contributed by atoms with Gasteiger partial charge in [0.15, 0.2) is 0 Å². The van der Waals surface area contributed by atoms with Crippen LogP contribution in [0.1, 0.15) is 40.5 Å². The van der Waals surface area contributed by atoms with Crippen LogP contribution in [-0.4, -0.2) is 33.6 Å². The average Bonchev–Trinajstić information content (AvgIpc) is 3.07. The van der Waals surface area contributed by atoms with Gasteiger partial charge in [-0.05, 0) is 46.5 Å². The minimum absolute atomic E-state index is 0.0191. The molecule has 106 valence electrons. The van der Waals surface area contributed by atoms with Gasteiger partial charge in [0.2, 0.25) is 11.9 Å². The van der Waals surface area contributed by atoms with Gasteiger partial charge in [0, 0.05) is 12.6 Å². The molecular weight excluding hydrogens is 242 g/mol. The van der Waals surface area contributed by atoms with E-state index in [2.05, 4.69) is 33.7 Å². The first kappa shape index (κ1) is 13.8. The zero-order chi connectivity index (χ0) is 14.0. The highest BCUT2D eigenvalue weighted by molar-refractivity contribution is 5.37. The fraction of sp³-hybridized carbons (Fsp3) is 0.769. The van der Waals surface area contributed by atoms with Crippen molar-refractivity contribution in [3.63, 3.8) is 0 Å². The largest absolute Gasteiger partial charge is 0.461 e. The first-order valence-electron chi connectivity index (χ1n) is 6.90. The Balaban J connectivity index is 2.21. The van der Waals surface area contributed by atoms with E-state index in [0.29, 0.717) is 18.0 Å². The molecule has 1 fully saturated rings. The number of hydrogen-bond acceptors (Lipinski definition) is 6. The van der Waals surface area contributed by atoms with Crippen molar-refractivity contribution in [1.29, 1.82) is 0 Å². The summed E-state index contributed by atoms with van der Waals surface area (Å²) in [6.07, 6.45) is 2.60. The Morgan fingerprint density at radius 1 is 1.21 bits per heavy atom. The number of nitrogens with zero attached hydrogens (tertiary/aromatic N) is 4. The van der Waals surface area contributed by atoms with Crippen LogP contribution in [0, 0.1) is 5.92 Å². The van der Waals surface area contributed by atoms with Gasteiger partial charge in [-0.1, -0.05) is 0 Å². The summed E-state index contributed by atoms with van der Waals surface area (Å²) in [5.74, 6) is 1.59. The molecular formula is C13H23N5O. The summed E-state index contributed by atoms with van der Waals surface area (Å²) in [7, 11) is 0. The van der Waals surface area contributed by atoms with Crippen molar-refractivity contribution in [1.82, 2.24) is 15.0 Å². The van der Waals surface area contributed by atoms with Crippen molar-refractivity contribution in [3.05, 3.63) is 0 Å². The third kappa shape index (κ3) is 3.94. The molecule has 1 heterocycles. The molecule has 1 aromatic rings. The summed E-state index contributed by atoms with van der Waals surface area (Å²) in [5, 5.41) is 0. The monoisotopic (exact) mass is 265 g/mol. The van der Waals surface area contributed by atoms with Crippen LogP contribution in [0.2, 0.25) is 0 Å². The summed E-state index contributed by atoms with van der Waals surface area (Å²) in [6.45, 7) is 9.10. The highest BCUT2D eigenvalue weighted by Crippen LogP contribution is 2.31. The second kappa shape index (κ2) is 5.59. The van der Waals surface area contributed by atoms with Gasteiger partial charge < -0.3 is 15.4 Å². The molecule has 0 unspecified atom stereocenters. The van der Waals surface area contributed by atoms with E-state index in [1.165, 1.54) is 12.8 Å². The Bertz CT molecular complexity index is 431. The van der Waals surface area contributed by atoms with Crippen LogP contribution in [-0.2, 0) is 0 Å². The first-order chi connectivity index (χ1) is 8.95. The Morgan fingerprint density at radius 2 is 1.89 bits per heavy atom. The van der Waals surface area contributed by atoms with E-state index in [1.807, 2.05) is 13.8 Å². The van der Waals surface area contributed by atoms with E-state index in [4.69, 9.17) is 10.5 Å². The number of anilines is 2. The van der Waals surface area contributed by atoms with Crippen molar-refractivity contribution in [2.24, 2.45) is 5.92 Å². The standard InChI is InChI=1S/C13H23N5O/c1-8(2)18(7-10-5-6-10)12-15-11(14)16-13(17-12)19-9(3)4/h8-10H,5-7H2,1-4H3,(H2,14,15,16,17). The Hall–Kier alpha value is -1.59. The molecule has 1 aromatic heterocycles. The van der Waals surface area contributed by atoms with Crippen LogP contribution < -0.4 is 15.4 Å². The molecule has 1 aliphatic rings. The second-order valence-corrected chi connectivity index (χ2v) is 5.63. The fourth-order valence-electron chi connectivity index (χ4n) is 1.85. The molecule has 0 atom stereocenters. The zero-order valence-electron chi connectivity index (χ0n) is 12.1. The normalized spacial score (nSPS) is 15.1. The Labute approximate surface area is 114 Å². The molecule has 2 N–H and O–H groups in total. The lowest BCUT2D eigenvalue weighted by atomic mass is 10.3. The number of ether oxygens (including phenoxy) is 1. The van der Waals surface area contributed by atoms with Crippen molar-refractivity contribution in [2.75, 3.05) is 17.2 Å². The van der Waals surface area contributed by atoms with Gasteiger partial charge >= 0.3 is 6.01 Å². The summed E-state index contributed by atoms with van der Waals surface area (Å²) < 4.78 is 5.52. The van der Waals surface area contributed by atoms with Crippen molar-refractivity contribution in [2.45, 2.75) is 52.7 Å². The maximum absolute atomic E-state index is 5.75. The molecule has 0 radical (unpaired) electrons. The summed E-state index contributed by atoms with van der Waals surface area (Å²) in [4.78, 5) is 14.8. The second-order valence-electron chi connectivity index (χ2n) is 5.63. The van der Waals surface area contributed by atoms with E-state index in [1.54, 1.807) is 0 Å². The van der Waals surface area contributed by atoms with Gasteiger partial charge in [-0.25, -0.2) is 0 Å². The van der Waals surface area contributed by atoms with E-state index >= 15 is 0 Å². The van der Waals surface area contributed by atoms with E-state index in [9.17, 15) is 0 Å². The molecule has 0 spiro atoms. The highest BCUT2D eigenvalue weighted by Gasteiger charge is 2.27. The smallest absolute Gasteiger partial charge is 0.323 e. The van der Waals surface area contributed by atoms with Gasteiger partial charge in [0.05, 0.1) is 6.10 Å². The maximum Gasteiger partial charge on any atom is 0.323 e. The third-order valence-electron chi connectivity index (χ3n) is 2.99. The molecule has 1 aliphatic carbocycles. The van der Waals surface area contributed by atoms with Crippen molar-refractivity contribution >= 4 is 11.9 Å². The molecule has 0 bridgehead atoms. The molecule has 1 saturated carbocycles. The molecule has 0 aliphatic heterocycles. The topological polar surface area (TPSA) is 77.2 Å². The van der Waals surface area contributed by atoms with Gasteiger partial charge in [-0.3, -0.25) is 0 Å². The number of aromatic nitrogens is 3. The Kier molecular flexibility index (Phi) is 4.07. The summed E-state index contributed by atoms with van der Waals surface area (Å²) in [6, 6.07) is 0.633. The van der Waals surface area contributed by atoms with Crippen LogP contribution in [0.5, 0.6) is 6.01 Å². The lowest BCUT2D eigenvalue weighted by molar-refractivity contribution is 0.222. The van der Waals surface area contributed by atoms with Gasteiger partial charge in [-0.15, -0.1) is 0 Å². The quantitative estimate of drug-likeness (QED) is 0.846. The van der Waals surface area contributed by atoms with Gasteiger partial charge in [0.1, 0.15) is 0 Å². The number of rotatable bonds is 6. The van der Waals surface area contributed by atoms with Crippen LogP contribution >= 0.6 is 0 Å².